The highest BCUT2D eigenvalue weighted by atomic mass is 16.7. The van der Waals surface area contributed by atoms with Crippen molar-refractivity contribution < 1.29 is 19.7 Å². The number of methoxy groups -OCH3 is 1. The molecule has 0 saturated carbocycles. The summed E-state index contributed by atoms with van der Waals surface area (Å²) in [7, 11) is 1.42. The molecule has 1 saturated heterocycles. The maximum atomic E-state index is 9.46. The molecule has 1 aliphatic heterocycles. The number of hydrogen-bond donors (Lipinski definition) is 4. The van der Waals surface area contributed by atoms with Crippen LogP contribution in [0.15, 0.2) is 0 Å². The van der Waals surface area contributed by atoms with Crippen LogP contribution in [0.3, 0.4) is 0 Å². The van der Waals surface area contributed by atoms with Gasteiger partial charge in [-0.05, 0) is 0 Å². The lowest BCUT2D eigenvalue weighted by molar-refractivity contribution is -0.248. The molecule has 6 nitrogen and oxygen atoms in total. The molecule has 0 aliphatic carbocycles. The third-order valence-electron chi connectivity index (χ3n) is 2.21. The average Bonchev–Trinajstić information content (AvgIpc) is 2.15. The third-order valence-corrected chi connectivity index (χ3v) is 2.21. The van der Waals surface area contributed by atoms with Gasteiger partial charge in [0.25, 0.3) is 0 Å². The van der Waals surface area contributed by atoms with E-state index in [0.717, 1.165) is 0 Å². The topological polar surface area (TPSA) is 111 Å². The summed E-state index contributed by atoms with van der Waals surface area (Å²) in [6.07, 6.45) is -3.45. The number of hydrogen-bond acceptors (Lipinski definition) is 6. The highest BCUT2D eigenvalue weighted by Gasteiger charge is 2.42. The zero-order valence-corrected chi connectivity index (χ0v) is 7.46. The van der Waals surface area contributed by atoms with Gasteiger partial charge < -0.3 is 31.2 Å². The van der Waals surface area contributed by atoms with Crippen molar-refractivity contribution in [3.8, 4) is 0 Å². The average molecular weight is 192 g/mol. The van der Waals surface area contributed by atoms with Gasteiger partial charge in [-0.3, -0.25) is 0 Å². The van der Waals surface area contributed by atoms with Crippen LogP contribution in [0.2, 0.25) is 0 Å². The normalized spacial score (nSPS) is 46.4. The standard InChI is InChI=1S/C7H16N2O4/c1-12-7-4(9)6(11)5(10)3(2-8)13-7/h3-7,10-11H,2,8-9H2,1H3/t3-,4+,5+,6?,7-/m0/s1. The molecular formula is C7H16N2O4. The molecule has 0 aromatic carbocycles. The quantitative estimate of drug-likeness (QED) is 0.381. The molecule has 1 aliphatic rings. The number of ether oxygens (including phenoxy) is 2. The Labute approximate surface area is 76.4 Å². The smallest absolute Gasteiger partial charge is 0.175 e. The Hall–Kier alpha value is -0.240. The molecule has 1 heterocycles. The number of rotatable bonds is 2. The Balaban J connectivity index is 2.66. The zero-order chi connectivity index (χ0) is 10.0. The van der Waals surface area contributed by atoms with Crippen molar-refractivity contribution in [2.24, 2.45) is 11.5 Å². The molecular weight excluding hydrogens is 176 g/mol. The first-order chi connectivity index (χ1) is 6.11. The van der Waals surface area contributed by atoms with E-state index in [2.05, 4.69) is 0 Å². The van der Waals surface area contributed by atoms with Crippen LogP contribution in [-0.4, -0.2) is 54.5 Å². The molecule has 13 heavy (non-hydrogen) atoms. The summed E-state index contributed by atoms with van der Waals surface area (Å²) in [6, 6.07) is -0.747. The van der Waals surface area contributed by atoms with E-state index >= 15 is 0 Å². The van der Waals surface area contributed by atoms with E-state index in [-0.39, 0.29) is 6.54 Å². The number of nitrogens with two attached hydrogens (primary N) is 2. The molecule has 1 rings (SSSR count). The molecule has 0 aromatic heterocycles. The summed E-state index contributed by atoms with van der Waals surface area (Å²) in [5, 5.41) is 18.9. The van der Waals surface area contributed by atoms with Gasteiger partial charge in [0.2, 0.25) is 0 Å². The fourth-order valence-electron chi connectivity index (χ4n) is 1.36. The van der Waals surface area contributed by atoms with Crippen molar-refractivity contribution >= 4 is 0 Å². The zero-order valence-electron chi connectivity index (χ0n) is 7.46. The predicted octanol–water partition coefficient (Wildman–Crippen LogP) is -2.63. The van der Waals surface area contributed by atoms with Crippen molar-refractivity contribution in [3.05, 3.63) is 0 Å². The van der Waals surface area contributed by atoms with Crippen molar-refractivity contribution in [3.63, 3.8) is 0 Å². The van der Waals surface area contributed by atoms with E-state index < -0.39 is 30.6 Å². The summed E-state index contributed by atoms with van der Waals surface area (Å²) in [4.78, 5) is 0. The van der Waals surface area contributed by atoms with Gasteiger partial charge in [-0.15, -0.1) is 0 Å². The van der Waals surface area contributed by atoms with Gasteiger partial charge in [0.15, 0.2) is 6.29 Å². The van der Waals surface area contributed by atoms with E-state index in [9.17, 15) is 10.2 Å². The monoisotopic (exact) mass is 192 g/mol. The first-order valence-electron chi connectivity index (χ1n) is 4.11. The van der Waals surface area contributed by atoms with Crippen LogP contribution < -0.4 is 11.5 Å². The van der Waals surface area contributed by atoms with Gasteiger partial charge in [0.05, 0.1) is 6.04 Å². The van der Waals surface area contributed by atoms with Gasteiger partial charge in [-0.1, -0.05) is 0 Å². The highest BCUT2D eigenvalue weighted by Crippen LogP contribution is 2.19. The molecule has 6 heteroatoms. The van der Waals surface area contributed by atoms with E-state index in [4.69, 9.17) is 20.9 Å². The second-order valence-electron chi connectivity index (χ2n) is 3.07. The lowest BCUT2D eigenvalue weighted by atomic mass is 9.97. The molecule has 5 atom stereocenters. The largest absolute Gasteiger partial charge is 0.388 e. The number of aliphatic hydroxyl groups is 2. The Morgan fingerprint density at radius 2 is 2.00 bits per heavy atom. The first-order valence-corrected chi connectivity index (χ1v) is 4.11. The fraction of sp³-hybridized carbons (Fsp3) is 1.00. The van der Waals surface area contributed by atoms with Crippen molar-refractivity contribution in [1.29, 1.82) is 0 Å². The number of aliphatic hydroxyl groups excluding tert-OH is 2. The van der Waals surface area contributed by atoms with Crippen molar-refractivity contribution in [1.82, 2.24) is 0 Å². The fourth-order valence-corrected chi connectivity index (χ4v) is 1.36. The minimum Gasteiger partial charge on any atom is -0.388 e. The second kappa shape index (κ2) is 4.32. The molecule has 6 N–H and O–H groups in total. The van der Waals surface area contributed by atoms with E-state index in [0.29, 0.717) is 0 Å². The van der Waals surface area contributed by atoms with Gasteiger partial charge in [-0.25, -0.2) is 0 Å². The third kappa shape index (κ3) is 1.98. The van der Waals surface area contributed by atoms with Crippen molar-refractivity contribution in [2.45, 2.75) is 30.6 Å². The summed E-state index contributed by atoms with van der Waals surface area (Å²) >= 11 is 0. The summed E-state index contributed by atoms with van der Waals surface area (Å²) < 4.78 is 10.1. The molecule has 1 unspecified atom stereocenters. The molecule has 0 aromatic rings. The van der Waals surface area contributed by atoms with Crippen LogP contribution >= 0.6 is 0 Å². The highest BCUT2D eigenvalue weighted by molar-refractivity contribution is 4.91. The first kappa shape index (κ1) is 10.8. The lowest BCUT2D eigenvalue weighted by Gasteiger charge is -2.40. The molecule has 0 amide bonds. The molecule has 0 bridgehead atoms. The second-order valence-corrected chi connectivity index (χ2v) is 3.07. The van der Waals surface area contributed by atoms with Crippen LogP contribution in [0, 0.1) is 0 Å². The van der Waals surface area contributed by atoms with E-state index in [1.54, 1.807) is 0 Å². The van der Waals surface area contributed by atoms with E-state index in [1.807, 2.05) is 0 Å². The van der Waals surface area contributed by atoms with Crippen LogP contribution in [0.25, 0.3) is 0 Å². The Bertz CT molecular complexity index is 149. The molecule has 78 valence electrons. The predicted molar refractivity (Wildman–Crippen MR) is 44.7 cm³/mol. The molecule has 0 spiro atoms. The Morgan fingerprint density at radius 1 is 1.38 bits per heavy atom. The maximum absolute atomic E-state index is 9.46. The van der Waals surface area contributed by atoms with Gasteiger partial charge in [0, 0.05) is 13.7 Å². The van der Waals surface area contributed by atoms with Crippen molar-refractivity contribution in [2.75, 3.05) is 13.7 Å². The summed E-state index contributed by atoms with van der Waals surface area (Å²) in [5.74, 6) is 0. The van der Waals surface area contributed by atoms with Crippen LogP contribution in [-0.2, 0) is 9.47 Å². The van der Waals surface area contributed by atoms with E-state index in [1.165, 1.54) is 7.11 Å². The lowest BCUT2D eigenvalue weighted by Crippen LogP contribution is -2.62. The SMILES string of the molecule is CO[C@H]1O[C@@H](CN)[C@@H](O)C(O)[C@H]1N. The summed E-state index contributed by atoms with van der Waals surface area (Å²) in [5.41, 5.74) is 10.9. The maximum Gasteiger partial charge on any atom is 0.175 e. The van der Waals surface area contributed by atoms with Gasteiger partial charge >= 0.3 is 0 Å². The Kier molecular flexibility index (Phi) is 3.60. The summed E-state index contributed by atoms with van der Waals surface area (Å²) in [6.45, 7) is 0.116. The molecule has 1 fully saturated rings. The van der Waals surface area contributed by atoms with Gasteiger partial charge in [-0.2, -0.15) is 0 Å². The Morgan fingerprint density at radius 3 is 2.46 bits per heavy atom. The minimum atomic E-state index is -1.06. The minimum absolute atomic E-state index is 0.116. The van der Waals surface area contributed by atoms with Gasteiger partial charge in [0.1, 0.15) is 18.3 Å². The van der Waals surface area contributed by atoms with Crippen LogP contribution in [0.5, 0.6) is 0 Å². The van der Waals surface area contributed by atoms with Crippen LogP contribution in [0.4, 0.5) is 0 Å². The van der Waals surface area contributed by atoms with Crippen LogP contribution in [0.1, 0.15) is 0 Å². The molecule has 0 radical (unpaired) electrons.